The summed E-state index contributed by atoms with van der Waals surface area (Å²) in [4.78, 5) is 24.4. The Balaban J connectivity index is 1.91. The molecule has 0 aliphatic carbocycles. The van der Waals surface area contributed by atoms with Crippen LogP contribution in [0.15, 0.2) is 18.2 Å². The number of likely N-dealkylation sites (tertiary alicyclic amines) is 1. The van der Waals surface area contributed by atoms with Gasteiger partial charge in [-0.05, 0) is 30.5 Å². The van der Waals surface area contributed by atoms with E-state index in [1.807, 2.05) is 6.07 Å². The van der Waals surface area contributed by atoms with Gasteiger partial charge in [-0.1, -0.05) is 6.07 Å². The maximum absolute atomic E-state index is 11.1. The molecule has 0 radical (unpaired) electrons. The van der Waals surface area contributed by atoms with E-state index < -0.39 is 5.91 Å². The summed E-state index contributed by atoms with van der Waals surface area (Å²) in [6.45, 7) is 4.13. The van der Waals surface area contributed by atoms with Crippen LogP contribution in [-0.2, 0) is 11.3 Å². The summed E-state index contributed by atoms with van der Waals surface area (Å²) < 4.78 is 0. The summed E-state index contributed by atoms with van der Waals surface area (Å²) in [5, 5.41) is 2.96. The molecule has 5 N–H and O–H groups in total. The van der Waals surface area contributed by atoms with Gasteiger partial charge in [0.1, 0.15) is 0 Å². The van der Waals surface area contributed by atoms with E-state index in [1.165, 1.54) is 0 Å². The number of amides is 2. The molecule has 6 nitrogen and oxygen atoms in total. The Morgan fingerprint density at radius 3 is 2.52 bits per heavy atom. The average Bonchev–Trinajstić information content (AvgIpc) is 2.42. The minimum Gasteiger partial charge on any atom is -0.398 e. The monoisotopic (exact) mass is 290 g/mol. The van der Waals surface area contributed by atoms with Crippen molar-refractivity contribution in [2.45, 2.75) is 32.4 Å². The van der Waals surface area contributed by atoms with Crippen molar-refractivity contribution in [2.24, 2.45) is 5.73 Å². The number of primary amides is 1. The summed E-state index contributed by atoms with van der Waals surface area (Å²) in [5.41, 5.74) is 13.2. The smallest absolute Gasteiger partial charge is 0.248 e. The predicted molar refractivity (Wildman–Crippen MR) is 81.5 cm³/mol. The van der Waals surface area contributed by atoms with E-state index in [2.05, 4.69) is 10.2 Å². The van der Waals surface area contributed by atoms with Gasteiger partial charge in [-0.3, -0.25) is 14.5 Å². The van der Waals surface area contributed by atoms with E-state index >= 15 is 0 Å². The van der Waals surface area contributed by atoms with E-state index in [0.29, 0.717) is 11.3 Å². The van der Waals surface area contributed by atoms with Gasteiger partial charge in [0.15, 0.2) is 0 Å². The summed E-state index contributed by atoms with van der Waals surface area (Å²) in [6.07, 6.45) is 1.89. The Hall–Kier alpha value is -2.08. The van der Waals surface area contributed by atoms with Crippen molar-refractivity contribution in [2.75, 3.05) is 18.8 Å². The molecule has 0 bridgehead atoms. The zero-order valence-corrected chi connectivity index (χ0v) is 12.3. The molecule has 1 aliphatic heterocycles. The number of hydrogen-bond donors (Lipinski definition) is 3. The molecule has 0 atom stereocenters. The molecule has 0 spiro atoms. The molecule has 1 saturated heterocycles. The highest BCUT2D eigenvalue weighted by Gasteiger charge is 2.20. The molecule has 0 saturated carbocycles. The molecule has 0 unspecified atom stereocenters. The Bertz CT molecular complexity index is 536. The SMILES string of the molecule is CC(=O)NC1CCN(Cc2ccc(C(N)=O)cc2N)CC1. The highest BCUT2D eigenvalue weighted by molar-refractivity contribution is 5.93. The Morgan fingerprint density at radius 2 is 2.00 bits per heavy atom. The lowest BCUT2D eigenvalue weighted by Crippen LogP contribution is -2.43. The van der Waals surface area contributed by atoms with Crippen LogP contribution in [0.5, 0.6) is 0 Å². The average molecular weight is 290 g/mol. The van der Waals surface area contributed by atoms with Crippen LogP contribution in [0.25, 0.3) is 0 Å². The highest BCUT2D eigenvalue weighted by Crippen LogP contribution is 2.19. The number of benzene rings is 1. The van der Waals surface area contributed by atoms with Crippen LogP contribution in [0.1, 0.15) is 35.7 Å². The van der Waals surface area contributed by atoms with Gasteiger partial charge in [0.2, 0.25) is 11.8 Å². The molecule has 6 heteroatoms. The highest BCUT2D eigenvalue weighted by atomic mass is 16.1. The van der Waals surface area contributed by atoms with E-state index in [4.69, 9.17) is 11.5 Å². The maximum atomic E-state index is 11.1. The molecule has 1 aromatic carbocycles. The van der Waals surface area contributed by atoms with Crippen molar-refractivity contribution >= 4 is 17.5 Å². The zero-order valence-electron chi connectivity index (χ0n) is 12.3. The quantitative estimate of drug-likeness (QED) is 0.701. The summed E-state index contributed by atoms with van der Waals surface area (Å²) >= 11 is 0. The van der Waals surface area contributed by atoms with Gasteiger partial charge in [-0.15, -0.1) is 0 Å². The van der Waals surface area contributed by atoms with Crippen molar-refractivity contribution in [3.8, 4) is 0 Å². The second-order valence-electron chi connectivity index (χ2n) is 5.53. The fourth-order valence-corrected chi connectivity index (χ4v) is 2.66. The van der Waals surface area contributed by atoms with Gasteiger partial charge >= 0.3 is 0 Å². The van der Waals surface area contributed by atoms with Gasteiger partial charge in [-0.2, -0.15) is 0 Å². The zero-order chi connectivity index (χ0) is 15.4. The summed E-state index contributed by atoms with van der Waals surface area (Å²) in [5.74, 6) is -0.441. The Labute approximate surface area is 124 Å². The number of nitrogens with two attached hydrogens (primary N) is 2. The van der Waals surface area contributed by atoms with Gasteiger partial charge in [0.05, 0.1) is 0 Å². The number of nitrogen functional groups attached to an aromatic ring is 1. The van der Waals surface area contributed by atoms with E-state index in [1.54, 1.807) is 19.1 Å². The summed E-state index contributed by atoms with van der Waals surface area (Å²) in [6, 6.07) is 5.46. The topological polar surface area (TPSA) is 101 Å². The van der Waals surface area contributed by atoms with Crippen molar-refractivity contribution in [3.05, 3.63) is 29.3 Å². The van der Waals surface area contributed by atoms with Gasteiger partial charge in [-0.25, -0.2) is 0 Å². The Kier molecular flexibility index (Phi) is 4.80. The molecule has 1 fully saturated rings. The molecule has 1 heterocycles. The second kappa shape index (κ2) is 6.58. The van der Waals surface area contributed by atoms with E-state index in [9.17, 15) is 9.59 Å². The van der Waals surface area contributed by atoms with Crippen molar-refractivity contribution in [1.29, 1.82) is 0 Å². The first-order chi connectivity index (χ1) is 9.95. The minimum absolute atomic E-state index is 0.0275. The third kappa shape index (κ3) is 4.19. The fourth-order valence-electron chi connectivity index (χ4n) is 2.66. The number of piperidine rings is 1. The maximum Gasteiger partial charge on any atom is 0.248 e. The lowest BCUT2D eigenvalue weighted by molar-refractivity contribution is -0.119. The number of carbonyl (C=O) groups excluding carboxylic acids is 2. The van der Waals surface area contributed by atoms with Crippen LogP contribution in [0.2, 0.25) is 0 Å². The normalized spacial score (nSPS) is 16.6. The first-order valence-electron chi connectivity index (χ1n) is 7.13. The number of nitrogens with one attached hydrogen (secondary N) is 1. The number of anilines is 1. The van der Waals surface area contributed by atoms with Crippen molar-refractivity contribution in [1.82, 2.24) is 10.2 Å². The molecule has 2 rings (SSSR count). The van der Waals surface area contributed by atoms with Crippen LogP contribution in [0, 0.1) is 0 Å². The summed E-state index contributed by atoms with van der Waals surface area (Å²) in [7, 11) is 0. The first-order valence-corrected chi connectivity index (χ1v) is 7.13. The number of hydrogen-bond acceptors (Lipinski definition) is 4. The van der Waals surface area contributed by atoms with Crippen LogP contribution in [-0.4, -0.2) is 35.8 Å². The molecular formula is C15H22N4O2. The molecule has 1 aliphatic rings. The van der Waals surface area contributed by atoms with Gasteiger partial charge < -0.3 is 16.8 Å². The van der Waals surface area contributed by atoms with Crippen LogP contribution in [0.3, 0.4) is 0 Å². The molecule has 21 heavy (non-hydrogen) atoms. The fraction of sp³-hybridized carbons (Fsp3) is 0.467. The molecule has 114 valence electrons. The third-order valence-electron chi connectivity index (χ3n) is 3.82. The van der Waals surface area contributed by atoms with Crippen LogP contribution >= 0.6 is 0 Å². The van der Waals surface area contributed by atoms with E-state index in [0.717, 1.165) is 38.0 Å². The number of rotatable bonds is 4. The molecular weight excluding hydrogens is 268 g/mol. The first kappa shape index (κ1) is 15.3. The van der Waals surface area contributed by atoms with Gasteiger partial charge in [0, 0.05) is 43.9 Å². The van der Waals surface area contributed by atoms with E-state index in [-0.39, 0.29) is 11.9 Å². The number of nitrogens with zero attached hydrogens (tertiary/aromatic N) is 1. The van der Waals surface area contributed by atoms with Crippen LogP contribution < -0.4 is 16.8 Å². The predicted octanol–water partition coefficient (Wildman–Crippen LogP) is 0.468. The molecule has 0 aromatic heterocycles. The minimum atomic E-state index is -0.468. The third-order valence-corrected chi connectivity index (χ3v) is 3.82. The van der Waals surface area contributed by atoms with Crippen LogP contribution in [0.4, 0.5) is 5.69 Å². The lowest BCUT2D eigenvalue weighted by atomic mass is 10.0. The van der Waals surface area contributed by atoms with Crippen molar-refractivity contribution in [3.63, 3.8) is 0 Å². The van der Waals surface area contributed by atoms with Crippen molar-refractivity contribution < 1.29 is 9.59 Å². The lowest BCUT2D eigenvalue weighted by Gasteiger charge is -2.32. The largest absolute Gasteiger partial charge is 0.398 e. The standard InChI is InChI=1S/C15H22N4O2/c1-10(20)18-13-4-6-19(7-5-13)9-12-3-2-11(15(17)21)8-14(12)16/h2-3,8,13H,4-7,9,16H2,1H3,(H2,17,21)(H,18,20). The second-order valence-corrected chi connectivity index (χ2v) is 5.53. The number of carbonyl (C=O) groups is 2. The molecule has 1 aromatic rings. The Morgan fingerprint density at radius 1 is 1.33 bits per heavy atom. The molecule has 2 amide bonds. The van der Waals surface area contributed by atoms with Gasteiger partial charge in [0.25, 0.3) is 0 Å².